The Morgan fingerprint density at radius 2 is 1.96 bits per heavy atom. The number of ether oxygens (including phenoxy) is 2. The van der Waals surface area contributed by atoms with Crippen LogP contribution < -0.4 is 14.8 Å². The molecule has 7 heteroatoms. The number of hydrogen-bond donors (Lipinski definition) is 1. The third-order valence-corrected chi connectivity index (χ3v) is 4.64. The van der Waals surface area contributed by atoms with Crippen molar-refractivity contribution in [3.05, 3.63) is 58.4 Å². The molecule has 0 bridgehead atoms. The Labute approximate surface area is 153 Å². The van der Waals surface area contributed by atoms with Crippen molar-refractivity contribution in [1.82, 2.24) is 4.98 Å². The monoisotopic (exact) mass is 372 g/mol. The summed E-state index contributed by atoms with van der Waals surface area (Å²) in [5.41, 5.74) is 2.16. The first kappa shape index (κ1) is 15.9. The molecule has 3 aromatic rings. The Hall–Kier alpha value is -2.57. The molecular formula is C18H13ClN2O3S. The Morgan fingerprint density at radius 3 is 2.80 bits per heavy atom. The smallest absolute Gasteiger partial charge is 0.257 e. The Balaban J connectivity index is 1.53. The van der Waals surface area contributed by atoms with Gasteiger partial charge >= 0.3 is 0 Å². The van der Waals surface area contributed by atoms with Gasteiger partial charge in [-0.15, -0.1) is 11.3 Å². The molecule has 126 valence electrons. The van der Waals surface area contributed by atoms with E-state index in [4.69, 9.17) is 21.1 Å². The van der Waals surface area contributed by atoms with Crippen LogP contribution >= 0.6 is 22.9 Å². The van der Waals surface area contributed by atoms with Gasteiger partial charge in [0.2, 0.25) is 0 Å². The van der Waals surface area contributed by atoms with E-state index in [2.05, 4.69) is 10.3 Å². The van der Waals surface area contributed by atoms with Crippen molar-refractivity contribution in [3.63, 3.8) is 0 Å². The number of fused-ring (bicyclic) bond motifs is 1. The standard InChI is InChI=1S/C18H13ClN2O3S/c19-13-3-1-2-12(8-13)17(22)21-18-20-14(10-25-18)11-4-5-15-16(9-11)24-7-6-23-15/h1-5,8-10H,6-7H2,(H,20,21,22). The first-order valence-electron chi connectivity index (χ1n) is 7.61. The van der Waals surface area contributed by atoms with E-state index in [9.17, 15) is 4.79 Å². The van der Waals surface area contributed by atoms with E-state index in [0.717, 1.165) is 17.0 Å². The number of thiazole rings is 1. The molecule has 1 aliphatic heterocycles. The number of carbonyl (C=O) groups excluding carboxylic acids is 1. The van der Waals surface area contributed by atoms with E-state index in [1.165, 1.54) is 11.3 Å². The van der Waals surface area contributed by atoms with Crippen LogP contribution in [0.3, 0.4) is 0 Å². The zero-order chi connectivity index (χ0) is 17.2. The molecule has 1 aliphatic rings. The Kier molecular flexibility index (Phi) is 4.29. The summed E-state index contributed by atoms with van der Waals surface area (Å²) in [6, 6.07) is 12.5. The lowest BCUT2D eigenvalue weighted by molar-refractivity contribution is 0.102. The average molecular weight is 373 g/mol. The number of anilines is 1. The molecule has 4 rings (SSSR count). The zero-order valence-electron chi connectivity index (χ0n) is 13.0. The summed E-state index contributed by atoms with van der Waals surface area (Å²) in [7, 11) is 0. The minimum atomic E-state index is -0.245. The van der Waals surface area contributed by atoms with Gasteiger partial charge in [0, 0.05) is 21.5 Å². The molecule has 1 aromatic heterocycles. The van der Waals surface area contributed by atoms with Gasteiger partial charge in [0.15, 0.2) is 16.6 Å². The zero-order valence-corrected chi connectivity index (χ0v) is 14.6. The summed E-state index contributed by atoms with van der Waals surface area (Å²) in [6.07, 6.45) is 0. The lowest BCUT2D eigenvalue weighted by Crippen LogP contribution is -2.15. The number of nitrogens with one attached hydrogen (secondary N) is 1. The number of aromatic nitrogens is 1. The highest BCUT2D eigenvalue weighted by Gasteiger charge is 2.15. The van der Waals surface area contributed by atoms with Crippen molar-refractivity contribution in [1.29, 1.82) is 0 Å². The van der Waals surface area contributed by atoms with Crippen molar-refractivity contribution < 1.29 is 14.3 Å². The van der Waals surface area contributed by atoms with Crippen LogP contribution in [0.1, 0.15) is 10.4 Å². The highest BCUT2D eigenvalue weighted by atomic mass is 35.5. The maximum atomic E-state index is 12.3. The van der Waals surface area contributed by atoms with Gasteiger partial charge in [0.1, 0.15) is 13.2 Å². The van der Waals surface area contributed by atoms with Crippen molar-refractivity contribution in [2.24, 2.45) is 0 Å². The molecule has 0 radical (unpaired) electrons. The van der Waals surface area contributed by atoms with Gasteiger partial charge in [0.25, 0.3) is 5.91 Å². The Morgan fingerprint density at radius 1 is 1.12 bits per heavy atom. The predicted octanol–water partition coefficient (Wildman–Crippen LogP) is 4.49. The molecule has 1 amide bonds. The lowest BCUT2D eigenvalue weighted by Gasteiger charge is -2.18. The molecule has 1 N–H and O–H groups in total. The molecule has 0 spiro atoms. The minimum absolute atomic E-state index is 0.245. The highest BCUT2D eigenvalue weighted by Crippen LogP contribution is 2.35. The third kappa shape index (κ3) is 3.45. The second-order valence-electron chi connectivity index (χ2n) is 5.36. The van der Waals surface area contributed by atoms with E-state index in [1.807, 2.05) is 23.6 Å². The minimum Gasteiger partial charge on any atom is -0.486 e. The second kappa shape index (κ2) is 6.74. The molecule has 25 heavy (non-hydrogen) atoms. The third-order valence-electron chi connectivity index (χ3n) is 3.65. The summed E-state index contributed by atoms with van der Waals surface area (Å²) in [6.45, 7) is 1.09. The number of carbonyl (C=O) groups is 1. The topological polar surface area (TPSA) is 60.5 Å². The van der Waals surface area contributed by atoms with Gasteiger partial charge in [-0.1, -0.05) is 17.7 Å². The molecule has 5 nitrogen and oxygen atoms in total. The number of benzene rings is 2. The molecule has 0 aliphatic carbocycles. The predicted molar refractivity (Wildman–Crippen MR) is 97.9 cm³/mol. The maximum Gasteiger partial charge on any atom is 0.257 e. The molecule has 0 fully saturated rings. The van der Waals surface area contributed by atoms with Crippen molar-refractivity contribution >= 4 is 34.0 Å². The fraction of sp³-hybridized carbons (Fsp3) is 0.111. The van der Waals surface area contributed by atoms with Gasteiger partial charge in [-0.05, 0) is 36.4 Å². The quantitative estimate of drug-likeness (QED) is 0.736. The first-order valence-corrected chi connectivity index (χ1v) is 8.87. The van der Waals surface area contributed by atoms with Crippen molar-refractivity contribution in [2.75, 3.05) is 18.5 Å². The number of hydrogen-bond acceptors (Lipinski definition) is 5. The fourth-order valence-electron chi connectivity index (χ4n) is 2.47. The Bertz CT molecular complexity index is 942. The largest absolute Gasteiger partial charge is 0.486 e. The molecule has 0 atom stereocenters. The normalized spacial score (nSPS) is 12.7. The van der Waals surface area contributed by atoms with Crippen LogP contribution in [0.5, 0.6) is 11.5 Å². The van der Waals surface area contributed by atoms with Gasteiger partial charge in [-0.3, -0.25) is 10.1 Å². The van der Waals surface area contributed by atoms with E-state index in [0.29, 0.717) is 34.7 Å². The van der Waals surface area contributed by atoms with E-state index < -0.39 is 0 Å². The fourth-order valence-corrected chi connectivity index (χ4v) is 3.37. The van der Waals surface area contributed by atoms with Crippen LogP contribution in [0.2, 0.25) is 5.02 Å². The van der Waals surface area contributed by atoms with Crippen LogP contribution in [-0.4, -0.2) is 24.1 Å². The number of nitrogens with zero attached hydrogens (tertiary/aromatic N) is 1. The summed E-state index contributed by atoms with van der Waals surface area (Å²) >= 11 is 7.28. The van der Waals surface area contributed by atoms with Crippen LogP contribution in [0, 0.1) is 0 Å². The van der Waals surface area contributed by atoms with E-state index >= 15 is 0 Å². The van der Waals surface area contributed by atoms with Crippen LogP contribution in [0.25, 0.3) is 11.3 Å². The molecule has 0 unspecified atom stereocenters. The lowest BCUT2D eigenvalue weighted by atomic mass is 10.1. The van der Waals surface area contributed by atoms with E-state index in [1.54, 1.807) is 24.3 Å². The summed E-state index contributed by atoms with van der Waals surface area (Å²) in [5, 5.41) is 5.72. The molecule has 0 saturated heterocycles. The van der Waals surface area contributed by atoms with Crippen molar-refractivity contribution in [2.45, 2.75) is 0 Å². The van der Waals surface area contributed by atoms with E-state index in [-0.39, 0.29) is 5.91 Å². The second-order valence-corrected chi connectivity index (χ2v) is 6.66. The summed E-state index contributed by atoms with van der Waals surface area (Å²) in [5.74, 6) is 1.20. The molecule has 0 saturated carbocycles. The average Bonchev–Trinajstić information content (AvgIpc) is 3.10. The highest BCUT2D eigenvalue weighted by molar-refractivity contribution is 7.14. The molecular weight excluding hydrogens is 360 g/mol. The summed E-state index contributed by atoms with van der Waals surface area (Å²) in [4.78, 5) is 16.7. The number of rotatable bonds is 3. The number of amides is 1. The van der Waals surface area contributed by atoms with Crippen LogP contribution in [0.4, 0.5) is 5.13 Å². The van der Waals surface area contributed by atoms with Gasteiger partial charge in [0.05, 0.1) is 5.69 Å². The number of halogens is 1. The molecule has 2 heterocycles. The van der Waals surface area contributed by atoms with Gasteiger partial charge in [-0.25, -0.2) is 4.98 Å². The SMILES string of the molecule is O=C(Nc1nc(-c2ccc3c(c2)OCCO3)cs1)c1cccc(Cl)c1. The van der Waals surface area contributed by atoms with Crippen LogP contribution in [0.15, 0.2) is 47.8 Å². The van der Waals surface area contributed by atoms with Gasteiger partial charge < -0.3 is 9.47 Å². The summed E-state index contributed by atoms with van der Waals surface area (Å²) < 4.78 is 11.1. The van der Waals surface area contributed by atoms with Gasteiger partial charge in [-0.2, -0.15) is 0 Å². The van der Waals surface area contributed by atoms with Crippen molar-refractivity contribution in [3.8, 4) is 22.8 Å². The first-order chi connectivity index (χ1) is 12.2. The maximum absolute atomic E-state index is 12.3. The molecule has 2 aromatic carbocycles. The van der Waals surface area contributed by atoms with Crippen LogP contribution in [-0.2, 0) is 0 Å².